The number of halogens is 2. The lowest BCUT2D eigenvalue weighted by atomic mass is 10.0. The summed E-state index contributed by atoms with van der Waals surface area (Å²) in [6, 6.07) is 15.0. The Morgan fingerprint density at radius 2 is 1.85 bits per heavy atom. The van der Waals surface area contributed by atoms with Crippen molar-refractivity contribution in [1.29, 1.82) is 0 Å². The molecule has 4 aromatic rings. The molecule has 7 rings (SSSR count). The number of carbonyl (C=O) groups excluding carboxylic acids is 2. The number of nitrogens with two attached hydrogens (primary N) is 1. The number of nitrogens with zero attached hydrogens (tertiary/aromatic N) is 2. The Labute approximate surface area is 264 Å². The molecule has 0 radical (unpaired) electrons. The molecule has 2 heterocycles. The van der Waals surface area contributed by atoms with E-state index in [0.29, 0.717) is 47.4 Å². The number of likely N-dealkylation sites (tertiary alicyclic amines) is 1. The third kappa shape index (κ3) is 5.76. The number of anilines is 1. The van der Waals surface area contributed by atoms with Crippen LogP contribution in [0.15, 0.2) is 66.9 Å². The molecule has 1 aromatic heterocycles. The number of hydrogen-bond acceptors (Lipinski definition) is 7. The van der Waals surface area contributed by atoms with Crippen molar-refractivity contribution in [2.75, 3.05) is 31.6 Å². The van der Waals surface area contributed by atoms with E-state index >= 15 is 4.39 Å². The topological polar surface area (TPSA) is 127 Å². The minimum atomic E-state index is -1.27. The summed E-state index contributed by atoms with van der Waals surface area (Å²) >= 11 is 0. The van der Waals surface area contributed by atoms with E-state index in [4.69, 9.17) is 15.2 Å². The van der Waals surface area contributed by atoms with E-state index in [0.717, 1.165) is 38.9 Å². The van der Waals surface area contributed by atoms with Crippen molar-refractivity contribution in [3.05, 3.63) is 78.5 Å². The highest BCUT2D eigenvalue weighted by molar-refractivity contribution is 6.13. The zero-order valence-corrected chi connectivity index (χ0v) is 25.1. The number of aliphatic hydroxyl groups excluding tert-OH is 1. The van der Waals surface area contributed by atoms with Crippen molar-refractivity contribution in [3.8, 4) is 28.4 Å². The summed E-state index contributed by atoms with van der Waals surface area (Å²) in [4.78, 5) is 31.3. The third-order valence-corrected chi connectivity index (χ3v) is 9.48. The van der Waals surface area contributed by atoms with Crippen LogP contribution in [-0.4, -0.2) is 59.1 Å². The SMILES string of the molecule is NC(=O)C1(C(=O)Nc2ccc(F)cc2-c2ccc(Oc3ccnc4cc(OCCCN5CC(O)C6(CC6)C5)ccc34)c(F)c2)CC1. The van der Waals surface area contributed by atoms with Gasteiger partial charge in [0.05, 0.1) is 18.2 Å². The van der Waals surface area contributed by atoms with Gasteiger partial charge in [0.25, 0.3) is 0 Å². The smallest absolute Gasteiger partial charge is 0.240 e. The average Bonchev–Trinajstić information content (AvgIpc) is 3.96. The summed E-state index contributed by atoms with van der Waals surface area (Å²) in [5, 5.41) is 13.6. The van der Waals surface area contributed by atoms with Crippen molar-refractivity contribution in [2.45, 2.75) is 38.2 Å². The number of aromatic nitrogens is 1. The molecule has 2 aliphatic carbocycles. The number of primary amides is 1. The quantitative estimate of drug-likeness (QED) is 0.150. The van der Waals surface area contributed by atoms with E-state index in [2.05, 4.69) is 15.2 Å². The highest BCUT2D eigenvalue weighted by Crippen LogP contribution is 2.52. The van der Waals surface area contributed by atoms with Crippen LogP contribution in [0, 0.1) is 22.5 Å². The molecule has 1 aliphatic heterocycles. The normalized spacial score (nSPS) is 19.2. The maximum absolute atomic E-state index is 15.4. The van der Waals surface area contributed by atoms with Gasteiger partial charge in [-0.1, -0.05) is 6.07 Å². The van der Waals surface area contributed by atoms with Gasteiger partial charge in [-0.3, -0.25) is 19.5 Å². The number of hydrogen-bond donors (Lipinski definition) is 3. The third-order valence-electron chi connectivity index (χ3n) is 9.48. The van der Waals surface area contributed by atoms with Crippen LogP contribution in [0.1, 0.15) is 32.1 Å². The van der Waals surface area contributed by atoms with Gasteiger partial charge < -0.3 is 25.6 Å². The fourth-order valence-electron chi connectivity index (χ4n) is 6.32. The summed E-state index contributed by atoms with van der Waals surface area (Å²) in [6.45, 7) is 3.10. The molecule has 1 spiro atoms. The maximum atomic E-state index is 15.4. The zero-order chi connectivity index (χ0) is 32.1. The van der Waals surface area contributed by atoms with E-state index in [9.17, 15) is 19.1 Å². The van der Waals surface area contributed by atoms with Gasteiger partial charge in [0.15, 0.2) is 11.6 Å². The van der Waals surface area contributed by atoms with Crippen molar-refractivity contribution in [1.82, 2.24) is 9.88 Å². The highest BCUT2D eigenvalue weighted by Gasteiger charge is 2.55. The Morgan fingerprint density at radius 3 is 2.57 bits per heavy atom. The molecule has 11 heteroatoms. The molecule has 3 aliphatic rings. The molecule has 1 atom stereocenters. The van der Waals surface area contributed by atoms with Crippen molar-refractivity contribution >= 4 is 28.4 Å². The van der Waals surface area contributed by atoms with E-state index in [1.165, 1.54) is 30.3 Å². The minimum absolute atomic E-state index is 0.0516. The van der Waals surface area contributed by atoms with Gasteiger partial charge in [-0.15, -0.1) is 0 Å². The molecular formula is C35H34F2N4O5. The van der Waals surface area contributed by atoms with Crippen LogP contribution < -0.4 is 20.5 Å². The first kappa shape index (κ1) is 30.1. The molecule has 1 saturated heterocycles. The molecule has 238 valence electrons. The second-order valence-electron chi connectivity index (χ2n) is 12.6. The van der Waals surface area contributed by atoms with E-state index < -0.39 is 28.9 Å². The van der Waals surface area contributed by atoms with Gasteiger partial charge in [0, 0.05) is 53.9 Å². The predicted molar refractivity (Wildman–Crippen MR) is 167 cm³/mol. The molecule has 46 heavy (non-hydrogen) atoms. The minimum Gasteiger partial charge on any atom is -0.493 e. The number of pyridine rings is 1. The van der Waals surface area contributed by atoms with Crippen LogP contribution in [0.5, 0.6) is 17.2 Å². The second kappa shape index (κ2) is 11.6. The second-order valence-corrected chi connectivity index (χ2v) is 12.6. The Kier molecular flexibility index (Phi) is 7.60. The lowest BCUT2D eigenvalue weighted by Gasteiger charge is -2.16. The van der Waals surface area contributed by atoms with Gasteiger partial charge in [0.2, 0.25) is 11.8 Å². The highest BCUT2D eigenvalue weighted by atomic mass is 19.1. The van der Waals surface area contributed by atoms with Crippen LogP contribution in [0.2, 0.25) is 0 Å². The van der Waals surface area contributed by atoms with Crippen LogP contribution >= 0.6 is 0 Å². The van der Waals surface area contributed by atoms with Gasteiger partial charge in [-0.25, -0.2) is 8.78 Å². The molecule has 1 unspecified atom stereocenters. The number of nitrogens with one attached hydrogen (secondary N) is 1. The van der Waals surface area contributed by atoms with Crippen LogP contribution in [0.4, 0.5) is 14.5 Å². The monoisotopic (exact) mass is 628 g/mol. The average molecular weight is 629 g/mol. The summed E-state index contributed by atoms with van der Waals surface area (Å²) in [6.07, 6.45) is 5.11. The van der Waals surface area contributed by atoms with Gasteiger partial charge in [-0.2, -0.15) is 0 Å². The van der Waals surface area contributed by atoms with Crippen molar-refractivity contribution in [3.63, 3.8) is 0 Å². The summed E-state index contributed by atoms with van der Waals surface area (Å²) in [7, 11) is 0. The Morgan fingerprint density at radius 1 is 1.02 bits per heavy atom. The number of β-amino-alcohol motifs (C(OH)–C–C–N with tert-alkyl or cyclic N) is 1. The number of benzene rings is 3. The largest absolute Gasteiger partial charge is 0.493 e. The molecule has 9 nitrogen and oxygen atoms in total. The standard InChI is InChI=1S/C35H34F2N4O5/c36-22-3-6-27(40-33(44)35(11-12-35)32(38)43)25(17-22)21-2-7-30(26(37)16-21)46-29-8-13-39-28-18-23(4-5-24(28)29)45-15-1-14-41-19-31(42)34(20-41)9-10-34/h2-8,13,16-18,31,42H,1,9-12,14-15,19-20H2,(H2,38,43)(H,40,44). The molecule has 0 bridgehead atoms. The molecule has 3 fully saturated rings. The van der Waals surface area contributed by atoms with Crippen LogP contribution in [0.3, 0.4) is 0 Å². The zero-order valence-electron chi connectivity index (χ0n) is 25.1. The summed E-state index contributed by atoms with van der Waals surface area (Å²) < 4.78 is 41.6. The van der Waals surface area contributed by atoms with Crippen molar-refractivity contribution < 1.29 is 33.0 Å². The van der Waals surface area contributed by atoms with Gasteiger partial charge in [-0.05, 0) is 86.2 Å². The lowest BCUT2D eigenvalue weighted by molar-refractivity contribution is -0.132. The van der Waals surface area contributed by atoms with E-state index in [-0.39, 0.29) is 28.5 Å². The molecule has 4 N–H and O–H groups in total. The van der Waals surface area contributed by atoms with Crippen molar-refractivity contribution in [2.24, 2.45) is 16.6 Å². The summed E-state index contributed by atoms with van der Waals surface area (Å²) in [5.41, 5.74) is 5.69. The Hall–Kier alpha value is -4.61. The van der Waals surface area contributed by atoms with E-state index in [1.54, 1.807) is 18.3 Å². The number of fused-ring (bicyclic) bond motifs is 1. The molecular weight excluding hydrogens is 594 g/mol. The number of aliphatic hydroxyl groups is 1. The Bertz CT molecular complexity index is 1840. The molecule has 3 aromatic carbocycles. The number of amides is 2. The van der Waals surface area contributed by atoms with E-state index in [1.807, 2.05) is 18.2 Å². The van der Waals surface area contributed by atoms with Gasteiger partial charge >= 0.3 is 0 Å². The predicted octanol–water partition coefficient (Wildman–Crippen LogP) is 5.40. The first-order valence-electron chi connectivity index (χ1n) is 15.5. The van der Waals surface area contributed by atoms with Crippen LogP contribution in [-0.2, 0) is 9.59 Å². The van der Waals surface area contributed by atoms with Crippen LogP contribution in [0.25, 0.3) is 22.0 Å². The first-order chi connectivity index (χ1) is 22.2. The first-order valence-corrected chi connectivity index (χ1v) is 15.5. The fourth-order valence-corrected chi connectivity index (χ4v) is 6.32. The Balaban J connectivity index is 1.02. The lowest BCUT2D eigenvalue weighted by Crippen LogP contribution is -2.36. The molecule has 2 amide bonds. The van der Waals surface area contributed by atoms with Gasteiger partial charge in [0.1, 0.15) is 22.7 Å². The maximum Gasteiger partial charge on any atom is 0.240 e. The number of ether oxygens (including phenoxy) is 2. The fraction of sp³-hybridized carbons (Fsp3) is 0.343. The summed E-state index contributed by atoms with van der Waals surface area (Å²) in [5.74, 6) is -1.55. The number of rotatable bonds is 11. The molecule has 2 saturated carbocycles. The number of carbonyl (C=O) groups is 2.